The fraction of sp³-hybridized carbons (Fsp3) is 0.353. The summed E-state index contributed by atoms with van der Waals surface area (Å²) in [6.07, 6.45) is 0. The second-order valence-electron chi connectivity index (χ2n) is 6.29. The first-order chi connectivity index (χ1) is 11.2. The van der Waals surface area contributed by atoms with Gasteiger partial charge in [0, 0.05) is 23.0 Å². The highest BCUT2D eigenvalue weighted by molar-refractivity contribution is 7.13. The van der Waals surface area contributed by atoms with Crippen LogP contribution in [0.15, 0.2) is 29.6 Å². The van der Waals surface area contributed by atoms with E-state index in [2.05, 4.69) is 4.98 Å². The van der Waals surface area contributed by atoms with Crippen molar-refractivity contribution in [2.45, 2.75) is 26.4 Å². The van der Waals surface area contributed by atoms with Crippen molar-refractivity contribution in [3.8, 4) is 10.6 Å². The lowest BCUT2D eigenvalue weighted by Crippen LogP contribution is -2.36. The van der Waals surface area contributed by atoms with E-state index in [1.807, 2.05) is 12.1 Å². The van der Waals surface area contributed by atoms with Crippen LogP contribution in [0.4, 0.5) is 0 Å². The third-order valence-electron chi connectivity index (χ3n) is 2.95. The van der Waals surface area contributed by atoms with E-state index in [-0.39, 0.29) is 12.5 Å². The van der Waals surface area contributed by atoms with Gasteiger partial charge in [-0.1, -0.05) is 23.7 Å². The predicted molar refractivity (Wildman–Crippen MR) is 95.4 cm³/mol. The zero-order chi connectivity index (χ0) is 17.9. The highest BCUT2D eigenvalue weighted by atomic mass is 35.5. The zero-order valence-electron chi connectivity index (χ0n) is 14.0. The van der Waals surface area contributed by atoms with Gasteiger partial charge in [0.2, 0.25) is 0 Å². The van der Waals surface area contributed by atoms with E-state index in [0.29, 0.717) is 10.7 Å². The summed E-state index contributed by atoms with van der Waals surface area (Å²) in [6, 6.07) is 7.24. The monoisotopic (exact) mass is 366 g/mol. The molecular formula is C17H19ClN2O3S. The number of likely N-dealkylation sites (N-methyl/N-ethyl adjacent to an activating group) is 1. The number of carbonyl (C=O) groups excluding carboxylic acids is 2. The number of esters is 1. The van der Waals surface area contributed by atoms with E-state index in [0.717, 1.165) is 10.6 Å². The summed E-state index contributed by atoms with van der Waals surface area (Å²) in [6.45, 7) is 5.23. The molecule has 1 amide bonds. The van der Waals surface area contributed by atoms with E-state index in [4.69, 9.17) is 16.3 Å². The van der Waals surface area contributed by atoms with E-state index < -0.39 is 11.6 Å². The van der Waals surface area contributed by atoms with Gasteiger partial charge in [-0.2, -0.15) is 0 Å². The van der Waals surface area contributed by atoms with Gasteiger partial charge in [-0.3, -0.25) is 9.59 Å². The van der Waals surface area contributed by atoms with Crippen molar-refractivity contribution in [1.82, 2.24) is 9.88 Å². The molecule has 128 valence electrons. The summed E-state index contributed by atoms with van der Waals surface area (Å²) in [5.74, 6) is -0.774. The van der Waals surface area contributed by atoms with Crippen LogP contribution in [0.2, 0.25) is 5.02 Å². The molecule has 0 atom stereocenters. The number of carbonyl (C=O) groups is 2. The average molecular weight is 367 g/mol. The van der Waals surface area contributed by atoms with Crippen molar-refractivity contribution < 1.29 is 14.3 Å². The molecular weight excluding hydrogens is 348 g/mol. The summed E-state index contributed by atoms with van der Waals surface area (Å²) in [5, 5.41) is 3.04. The molecule has 0 aliphatic carbocycles. The molecule has 1 heterocycles. The van der Waals surface area contributed by atoms with Gasteiger partial charge in [0.25, 0.3) is 5.91 Å². The number of ether oxygens (including phenoxy) is 1. The van der Waals surface area contributed by atoms with Crippen molar-refractivity contribution in [1.29, 1.82) is 0 Å². The molecule has 1 aromatic heterocycles. The molecule has 0 spiro atoms. The van der Waals surface area contributed by atoms with Gasteiger partial charge >= 0.3 is 5.97 Å². The van der Waals surface area contributed by atoms with Crippen LogP contribution in [0.3, 0.4) is 0 Å². The number of nitrogens with zero attached hydrogens (tertiary/aromatic N) is 2. The Morgan fingerprint density at radius 1 is 1.25 bits per heavy atom. The van der Waals surface area contributed by atoms with E-state index in [1.165, 1.54) is 16.2 Å². The minimum atomic E-state index is -0.580. The minimum absolute atomic E-state index is 0.121. The average Bonchev–Trinajstić information content (AvgIpc) is 2.94. The fourth-order valence-electron chi connectivity index (χ4n) is 1.93. The molecule has 0 saturated heterocycles. The third kappa shape index (κ3) is 5.04. The maximum Gasteiger partial charge on any atom is 0.326 e. The summed E-state index contributed by atoms with van der Waals surface area (Å²) in [7, 11) is 1.55. The minimum Gasteiger partial charge on any atom is -0.459 e. The van der Waals surface area contributed by atoms with Crippen molar-refractivity contribution in [2.75, 3.05) is 13.6 Å². The zero-order valence-corrected chi connectivity index (χ0v) is 15.6. The number of halogens is 1. The quantitative estimate of drug-likeness (QED) is 0.770. The Morgan fingerprint density at radius 3 is 2.46 bits per heavy atom. The van der Waals surface area contributed by atoms with Gasteiger partial charge in [0.15, 0.2) is 0 Å². The van der Waals surface area contributed by atoms with Crippen LogP contribution >= 0.6 is 22.9 Å². The maximum atomic E-state index is 12.4. The third-order valence-corrected chi connectivity index (χ3v) is 4.09. The molecule has 0 fully saturated rings. The topological polar surface area (TPSA) is 59.5 Å². The van der Waals surface area contributed by atoms with Gasteiger partial charge in [-0.25, -0.2) is 4.98 Å². The fourth-order valence-corrected chi connectivity index (χ4v) is 2.86. The first-order valence-electron chi connectivity index (χ1n) is 7.34. The molecule has 0 radical (unpaired) electrons. The van der Waals surface area contributed by atoms with Gasteiger partial charge in [-0.05, 0) is 32.9 Å². The Labute approximate surface area is 150 Å². The Morgan fingerprint density at radius 2 is 1.88 bits per heavy atom. The number of rotatable bonds is 4. The van der Waals surface area contributed by atoms with Crippen molar-refractivity contribution >= 4 is 34.8 Å². The Bertz CT molecular complexity index is 735. The van der Waals surface area contributed by atoms with Gasteiger partial charge in [0.05, 0.1) is 0 Å². The second-order valence-corrected chi connectivity index (χ2v) is 7.59. The Kier molecular flexibility index (Phi) is 5.62. The SMILES string of the molecule is CN(CC(=O)OC(C)(C)C)C(=O)c1csc(-c2ccc(Cl)cc2)n1. The normalized spacial score (nSPS) is 11.2. The molecule has 1 aromatic carbocycles. The van der Waals surface area contributed by atoms with Gasteiger partial charge in [0.1, 0.15) is 22.8 Å². The highest BCUT2D eigenvalue weighted by Crippen LogP contribution is 2.25. The number of aromatic nitrogens is 1. The van der Waals surface area contributed by atoms with E-state index >= 15 is 0 Å². The summed E-state index contributed by atoms with van der Waals surface area (Å²) in [5.41, 5.74) is 0.609. The van der Waals surface area contributed by atoms with Crippen molar-refractivity contribution in [3.63, 3.8) is 0 Å². The summed E-state index contributed by atoms with van der Waals surface area (Å²) in [4.78, 5) is 29.8. The molecule has 2 aromatic rings. The lowest BCUT2D eigenvalue weighted by molar-refractivity contribution is -0.155. The molecule has 24 heavy (non-hydrogen) atoms. The first-order valence-corrected chi connectivity index (χ1v) is 8.60. The molecule has 0 N–H and O–H groups in total. The van der Waals surface area contributed by atoms with Crippen molar-refractivity contribution in [3.05, 3.63) is 40.4 Å². The molecule has 7 heteroatoms. The largest absolute Gasteiger partial charge is 0.459 e. The molecule has 0 aliphatic rings. The standard InChI is InChI=1S/C17H19ClN2O3S/c1-17(2,3)23-14(21)9-20(4)16(22)13-10-24-15(19-13)11-5-7-12(18)8-6-11/h5-8,10H,9H2,1-4H3. The van der Waals surface area contributed by atoms with Crippen LogP contribution in [0.25, 0.3) is 10.6 Å². The van der Waals surface area contributed by atoms with Crippen LogP contribution in [0.1, 0.15) is 31.3 Å². The molecule has 2 rings (SSSR count). The first kappa shape index (κ1) is 18.4. The Balaban J connectivity index is 2.05. The number of amides is 1. The smallest absolute Gasteiger partial charge is 0.326 e. The van der Waals surface area contributed by atoms with Gasteiger partial charge < -0.3 is 9.64 Å². The maximum absolute atomic E-state index is 12.4. The number of hydrogen-bond donors (Lipinski definition) is 0. The summed E-state index contributed by atoms with van der Waals surface area (Å²) < 4.78 is 5.22. The van der Waals surface area contributed by atoms with Crippen molar-refractivity contribution in [2.24, 2.45) is 0 Å². The summed E-state index contributed by atoms with van der Waals surface area (Å²) >= 11 is 7.23. The number of benzene rings is 1. The lowest BCUT2D eigenvalue weighted by Gasteiger charge is -2.22. The molecule has 0 unspecified atom stereocenters. The number of thiazole rings is 1. The van der Waals surface area contributed by atoms with Crippen LogP contribution < -0.4 is 0 Å². The highest BCUT2D eigenvalue weighted by Gasteiger charge is 2.22. The molecule has 0 aliphatic heterocycles. The predicted octanol–water partition coefficient (Wildman–Crippen LogP) is 3.88. The molecule has 0 bridgehead atoms. The lowest BCUT2D eigenvalue weighted by atomic mass is 10.2. The second kappa shape index (κ2) is 7.32. The van der Waals surface area contributed by atoms with Crippen LogP contribution in [0.5, 0.6) is 0 Å². The molecule has 0 saturated carbocycles. The van der Waals surface area contributed by atoms with Crippen LogP contribution in [0, 0.1) is 0 Å². The van der Waals surface area contributed by atoms with Crippen LogP contribution in [-0.2, 0) is 9.53 Å². The number of hydrogen-bond acceptors (Lipinski definition) is 5. The van der Waals surface area contributed by atoms with E-state index in [9.17, 15) is 9.59 Å². The van der Waals surface area contributed by atoms with Gasteiger partial charge in [-0.15, -0.1) is 11.3 Å². The van der Waals surface area contributed by atoms with Crippen LogP contribution in [-0.4, -0.2) is 41.0 Å². The van der Waals surface area contributed by atoms with E-state index in [1.54, 1.807) is 45.3 Å². The Hall–Kier alpha value is -1.92. The molecule has 5 nitrogen and oxygen atoms in total.